The molecule has 10 rings (SSSR count). The molecule has 0 radical (unpaired) electrons. The molecule has 6 aromatic heterocycles. The molecule has 8 aromatic rings. The molecule has 74 heavy (non-hydrogen) atoms. The number of anilines is 2. The number of benzene rings is 2. The van der Waals surface area contributed by atoms with Gasteiger partial charge in [0.2, 0.25) is 10.0 Å². The van der Waals surface area contributed by atoms with Crippen molar-refractivity contribution in [3.8, 4) is 22.3 Å². The number of nitrogen functional groups attached to an aromatic ring is 1. The minimum atomic E-state index is -3.59. The van der Waals surface area contributed by atoms with Crippen molar-refractivity contribution in [3.05, 3.63) is 193 Å². The van der Waals surface area contributed by atoms with Crippen LogP contribution in [0.1, 0.15) is 82.5 Å². The summed E-state index contributed by atoms with van der Waals surface area (Å²) in [4.78, 5) is 61.7. The third kappa shape index (κ3) is 12.1. The molecule has 0 aliphatic heterocycles. The molecule has 0 unspecified atom stereocenters. The molecule has 0 bridgehead atoms. The summed E-state index contributed by atoms with van der Waals surface area (Å²) in [6.07, 6.45) is 7.66. The normalized spacial score (nSPS) is 12.9. The molecule has 388 valence electrons. The van der Waals surface area contributed by atoms with Crippen molar-refractivity contribution in [2.75, 3.05) is 16.7 Å². The Hall–Kier alpha value is -4.69. The van der Waals surface area contributed by atoms with E-state index in [-0.39, 0.29) is 127 Å². The standard InChI is InChI=1S/C26H23FIN3O5S.C25H21FIN3O3.2CH3.2W/c1-13-19(10-15-4-5-17(28)12-20(15)27)23-24(36-26(13)33)22(14(2)31(25(23)32)18-6-7-18)16-8-9-29-21(11-16)30-37(3,34)35;1-12-18(9-14-3-4-16(27)11-19(14)26)22-23(33-25(12)32)21(15-7-8-29-20(28)10-15)13(2)30(24(22)31)17-5-6-17;;;;/h4-5,8-9,11-12,18H,6-7,10H2,1-3H3,(H,29,30);3-4,7-8,10-11,17H,5-6,9H2,1-2H3,(H2,28,29);2*1H3;;/q;;2*-1;;. The molecule has 2 fully saturated rings. The molecular formula is C53H50F2I2N6O8SW2-2. The monoisotopic (exact) mass is 1590 g/mol. The number of nitrogens with zero attached hydrogens (tertiary/aromatic N) is 4. The summed E-state index contributed by atoms with van der Waals surface area (Å²) in [5, 5.41) is 0.532. The summed E-state index contributed by atoms with van der Waals surface area (Å²) in [7, 11) is -3.59. The van der Waals surface area contributed by atoms with Crippen LogP contribution in [0.4, 0.5) is 20.4 Å². The van der Waals surface area contributed by atoms with Crippen LogP contribution in [-0.4, -0.2) is 33.8 Å². The second-order valence-electron chi connectivity index (χ2n) is 17.7. The van der Waals surface area contributed by atoms with Gasteiger partial charge in [0.25, 0.3) is 11.1 Å². The topological polar surface area (TPSA) is 202 Å². The van der Waals surface area contributed by atoms with E-state index in [0.717, 1.165) is 39.1 Å². The van der Waals surface area contributed by atoms with Crippen LogP contribution < -0.4 is 32.8 Å². The predicted octanol–water partition coefficient (Wildman–Crippen LogP) is 10.5. The summed E-state index contributed by atoms with van der Waals surface area (Å²) in [5.41, 5.74) is 10.4. The molecule has 0 saturated heterocycles. The molecule has 3 N–H and O–H groups in total. The number of fused-ring (bicyclic) bond motifs is 2. The van der Waals surface area contributed by atoms with Crippen LogP contribution in [0.3, 0.4) is 0 Å². The summed E-state index contributed by atoms with van der Waals surface area (Å²) in [6.45, 7) is 6.82. The molecule has 2 saturated carbocycles. The number of aromatic nitrogens is 4. The van der Waals surface area contributed by atoms with Crippen LogP contribution in [0.2, 0.25) is 0 Å². The fourth-order valence-corrected chi connectivity index (χ4v) is 10.5. The Kier molecular flexibility index (Phi) is 19.3. The second-order valence-corrected chi connectivity index (χ2v) is 22.0. The predicted molar refractivity (Wildman–Crippen MR) is 295 cm³/mol. The van der Waals surface area contributed by atoms with Gasteiger partial charge in [-0.05, 0) is 180 Å². The van der Waals surface area contributed by atoms with E-state index in [1.165, 1.54) is 24.4 Å². The Morgan fingerprint density at radius 1 is 0.662 bits per heavy atom. The number of hydrogen-bond acceptors (Lipinski definition) is 11. The smallest absolute Gasteiger partial charge is 0.339 e. The average molecular weight is 1590 g/mol. The van der Waals surface area contributed by atoms with Crippen molar-refractivity contribution in [2.24, 2.45) is 0 Å². The van der Waals surface area contributed by atoms with E-state index in [2.05, 4.69) is 14.7 Å². The van der Waals surface area contributed by atoms with E-state index >= 15 is 0 Å². The quantitative estimate of drug-likeness (QED) is 0.0974. The average Bonchev–Trinajstić information content (AvgIpc) is 4.23. The molecule has 6 heterocycles. The van der Waals surface area contributed by atoms with E-state index in [1.807, 2.05) is 52.1 Å². The second kappa shape index (κ2) is 23.7. The largest absolute Gasteiger partial charge is 0.422 e. The maximum Gasteiger partial charge on any atom is 0.339 e. The van der Waals surface area contributed by atoms with E-state index in [9.17, 15) is 36.4 Å². The van der Waals surface area contributed by atoms with E-state index < -0.39 is 27.1 Å². The Labute approximate surface area is 481 Å². The maximum absolute atomic E-state index is 14.8. The first-order valence-electron chi connectivity index (χ1n) is 22.2. The number of pyridine rings is 4. The molecule has 0 spiro atoms. The van der Waals surface area contributed by atoms with Crippen LogP contribution in [0, 0.1) is 61.3 Å². The molecule has 0 atom stereocenters. The molecule has 2 aromatic carbocycles. The Morgan fingerprint density at radius 2 is 1.07 bits per heavy atom. The Balaban J connectivity index is 0.000000261. The molecule has 0 amide bonds. The van der Waals surface area contributed by atoms with Crippen LogP contribution >= 0.6 is 45.2 Å². The van der Waals surface area contributed by atoms with Crippen molar-refractivity contribution in [2.45, 2.75) is 78.3 Å². The Bertz CT molecular complexity index is 3880. The first kappa shape index (κ1) is 60.2. The SMILES string of the molecule is Cc1c(Cc2ccc(I)cc2F)c2c(=O)n(C3CC3)c(C)c(-c3ccnc(N)c3)c2oc1=O.Cc1c(Cc2ccc(I)cc2F)c2c(=O)n(C3CC3)c(C)c(-c3ccnc(NS(C)(=O)=O)c3)c2oc1=O.[CH3-].[CH3-].[W].[W]. The Morgan fingerprint density at radius 3 is 1.45 bits per heavy atom. The van der Waals surface area contributed by atoms with Gasteiger partial charge in [-0.15, -0.1) is 0 Å². The van der Waals surface area contributed by atoms with Crippen molar-refractivity contribution in [1.29, 1.82) is 0 Å². The summed E-state index contributed by atoms with van der Waals surface area (Å²) in [5.74, 6) is -0.389. The van der Waals surface area contributed by atoms with E-state index in [0.29, 0.717) is 72.7 Å². The summed E-state index contributed by atoms with van der Waals surface area (Å²) < 4.78 is 71.9. The van der Waals surface area contributed by atoms with Crippen molar-refractivity contribution in [3.63, 3.8) is 0 Å². The minimum absolute atomic E-state index is 0. The zero-order valence-electron chi connectivity index (χ0n) is 41.2. The number of halogens is 4. The van der Waals surface area contributed by atoms with Gasteiger partial charge in [0.15, 0.2) is 11.2 Å². The van der Waals surface area contributed by atoms with Crippen molar-refractivity contribution >= 4 is 88.8 Å². The zero-order chi connectivity index (χ0) is 50.1. The van der Waals surface area contributed by atoms with E-state index in [1.54, 1.807) is 78.6 Å². The van der Waals surface area contributed by atoms with Gasteiger partial charge in [0.1, 0.15) is 23.3 Å². The fourth-order valence-electron chi connectivity index (χ4n) is 9.07. The van der Waals surface area contributed by atoms with E-state index in [4.69, 9.17) is 14.6 Å². The first-order valence-corrected chi connectivity index (χ1v) is 26.2. The van der Waals surface area contributed by atoms with Crippen LogP contribution in [0.15, 0.2) is 101 Å². The molecule has 14 nitrogen and oxygen atoms in total. The molecule has 2 aliphatic rings. The minimum Gasteiger partial charge on any atom is -0.422 e. The molecule has 21 heteroatoms. The van der Waals surface area contributed by atoms with Gasteiger partial charge < -0.3 is 38.6 Å². The number of rotatable bonds is 10. The number of sulfonamides is 1. The van der Waals surface area contributed by atoms with Gasteiger partial charge in [-0.25, -0.2) is 36.8 Å². The molecular weight excluding hydrogens is 1540 g/mol. The zero-order valence-corrected chi connectivity index (χ0v) is 52.2. The van der Waals surface area contributed by atoms with Gasteiger partial charge in [-0.1, -0.05) is 12.1 Å². The summed E-state index contributed by atoms with van der Waals surface area (Å²) in [6, 6.07) is 16.5. The third-order valence-corrected chi connectivity index (χ3v) is 14.6. The maximum atomic E-state index is 14.8. The first-order chi connectivity index (χ1) is 33.2. The van der Waals surface area contributed by atoms with Crippen LogP contribution in [0.5, 0.6) is 0 Å². The number of nitrogens with one attached hydrogen (secondary N) is 1. The van der Waals surface area contributed by atoms with Gasteiger partial charge >= 0.3 is 11.3 Å². The van der Waals surface area contributed by atoms with Crippen LogP contribution in [-0.2, 0) is 65.0 Å². The third-order valence-electron chi connectivity index (χ3n) is 12.7. The van der Waals surface area contributed by atoms with Gasteiger partial charge in [-0.2, -0.15) is 0 Å². The van der Waals surface area contributed by atoms with Crippen molar-refractivity contribution < 1.29 is 68.2 Å². The fraction of sp³-hybridized carbons (Fsp3) is 0.245. The van der Waals surface area contributed by atoms with Crippen LogP contribution in [0.25, 0.3) is 44.2 Å². The van der Waals surface area contributed by atoms with Crippen molar-refractivity contribution in [1.82, 2.24) is 19.1 Å². The number of hydrogen-bond donors (Lipinski definition) is 2. The number of nitrogens with two attached hydrogens (primary N) is 1. The van der Waals surface area contributed by atoms with Gasteiger partial charge in [0.05, 0.1) is 17.0 Å². The summed E-state index contributed by atoms with van der Waals surface area (Å²) >= 11 is 4.07. The van der Waals surface area contributed by atoms with Gasteiger partial charge in [0, 0.05) is 120 Å². The van der Waals surface area contributed by atoms with Gasteiger partial charge in [-0.3, -0.25) is 14.3 Å². The molecule has 2 aliphatic carbocycles.